The highest BCUT2D eigenvalue weighted by atomic mass is 19.2. The Morgan fingerprint density at radius 1 is 1.16 bits per heavy atom. The van der Waals surface area contributed by atoms with Crippen molar-refractivity contribution in [3.8, 4) is 0 Å². The lowest BCUT2D eigenvalue weighted by atomic mass is 10.2. The van der Waals surface area contributed by atoms with Crippen LogP contribution in [0.15, 0.2) is 12.1 Å². The Hall–Kier alpha value is -2.05. The van der Waals surface area contributed by atoms with Crippen molar-refractivity contribution in [2.24, 2.45) is 0 Å². The maximum absolute atomic E-state index is 13.6. The van der Waals surface area contributed by atoms with Gasteiger partial charge < -0.3 is 10.2 Å². The summed E-state index contributed by atoms with van der Waals surface area (Å²) >= 11 is 0. The first-order valence-corrected chi connectivity index (χ1v) is 5.65. The van der Waals surface area contributed by atoms with Gasteiger partial charge in [-0.3, -0.25) is 9.59 Å². The Balaban J connectivity index is 2.42. The van der Waals surface area contributed by atoms with Crippen LogP contribution in [0.5, 0.6) is 0 Å². The van der Waals surface area contributed by atoms with E-state index in [9.17, 15) is 22.8 Å². The largest absolute Gasteiger partial charge is 0.345 e. The average Bonchev–Trinajstić information content (AvgIpc) is 2.45. The lowest BCUT2D eigenvalue weighted by Gasteiger charge is -2.22. The first-order chi connectivity index (χ1) is 8.90. The third-order valence-electron chi connectivity index (χ3n) is 2.86. The summed E-state index contributed by atoms with van der Waals surface area (Å²) in [6.07, 6.45) is -0.0332. The van der Waals surface area contributed by atoms with Crippen LogP contribution in [-0.4, -0.2) is 24.4 Å². The van der Waals surface area contributed by atoms with Gasteiger partial charge in [0.2, 0.25) is 11.8 Å². The molecule has 1 aliphatic rings. The van der Waals surface area contributed by atoms with Crippen molar-refractivity contribution in [3.63, 3.8) is 0 Å². The van der Waals surface area contributed by atoms with Gasteiger partial charge in [-0.1, -0.05) is 0 Å². The quantitative estimate of drug-likeness (QED) is 0.784. The number of anilines is 1. The summed E-state index contributed by atoms with van der Waals surface area (Å²) in [4.78, 5) is 24.2. The van der Waals surface area contributed by atoms with Crippen molar-refractivity contribution >= 4 is 17.5 Å². The number of hydrogen-bond acceptors (Lipinski definition) is 2. The minimum atomic E-state index is -1.33. The highest BCUT2D eigenvalue weighted by molar-refractivity contribution is 6.01. The van der Waals surface area contributed by atoms with E-state index in [1.54, 1.807) is 0 Å². The average molecular weight is 272 g/mol. The van der Waals surface area contributed by atoms with Gasteiger partial charge >= 0.3 is 0 Å². The molecule has 1 aromatic rings. The smallest absolute Gasteiger partial charge is 0.249 e. The van der Waals surface area contributed by atoms with Gasteiger partial charge in [-0.15, -0.1) is 0 Å². The number of carbonyl (C=O) groups is 2. The highest BCUT2D eigenvalue weighted by Crippen LogP contribution is 2.24. The van der Waals surface area contributed by atoms with E-state index in [0.29, 0.717) is 12.1 Å². The van der Waals surface area contributed by atoms with E-state index in [1.807, 2.05) is 0 Å². The molecule has 1 unspecified atom stereocenters. The Morgan fingerprint density at radius 3 is 2.47 bits per heavy atom. The number of benzene rings is 1. The topological polar surface area (TPSA) is 49.4 Å². The molecule has 0 aliphatic carbocycles. The van der Waals surface area contributed by atoms with Crippen LogP contribution in [0.25, 0.3) is 0 Å². The third-order valence-corrected chi connectivity index (χ3v) is 2.86. The molecular weight excluding hydrogens is 261 g/mol. The van der Waals surface area contributed by atoms with E-state index < -0.39 is 29.4 Å². The minimum Gasteiger partial charge on any atom is -0.345 e. The van der Waals surface area contributed by atoms with E-state index in [0.717, 1.165) is 4.90 Å². The summed E-state index contributed by atoms with van der Waals surface area (Å²) in [6, 6.07) is 0.149. The molecule has 102 valence electrons. The minimum absolute atomic E-state index is 0.0332. The number of rotatable bonds is 1. The molecule has 1 heterocycles. The second kappa shape index (κ2) is 4.91. The van der Waals surface area contributed by atoms with Gasteiger partial charge in [-0.2, -0.15) is 0 Å². The van der Waals surface area contributed by atoms with Crippen molar-refractivity contribution in [1.29, 1.82) is 0 Å². The van der Waals surface area contributed by atoms with Crippen molar-refractivity contribution in [2.75, 3.05) is 11.4 Å². The molecule has 1 N–H and O–H groups in total. The maximum Gasteiger partial charge on any atom is 0.249 e. The Labute approximate surface area is 107 Å². The van der Waals surface area contributed by atoms with Crippen LogP contribution < -0.4 is 10.2 Å². The molecule has 1 atom stereocenters. The van der Waals surface area contributed by atoms with Crippen LogP contribution in [-0.2, 0) is 9.59 Å². The van der Waals surface area contributed by atoms with E-state index in [1.165, 1.54) is 6.92 Å². The number of amides is 2. The van der Waals surface area contributed by atoms with E-state index in [2.05, 4.69) is 5.32 Å². The van der Waals surface area contributed by atoms with Crippen molar-refractivity contribution < 1.29 is 22.8 Å². The van der Waals surface area contributed by atoms with Gasteiger partial charge in [0.15, 0.2) is 11.6 Å². The molecule has 1 aromatic carbocycles. The van der Waals surface area contributed by atoms with Crippen LogP contribution in [0.2, 0.25) is 0 Å². The molecule has 4 nitrogen and oxygen atoms in total. The van der Waals surface area contributed by atoms with Crippen LogP contribution in [0.4, 0.5) is 18.9 Å². The summed E-state index contributed by atoms with van der Waals surface area (Å²) in [5, 5.41) is 2.42. The standard InChI is InChI=1S/C12H11F3N2O2/c1-6-12(19)17(3-2-11(18)16-6)10-5-8(14)7(13)4-9(10)15/h4-6H,2-3H2,1H3,(H,16,18). The predicted molar refractivity (Wildman–Crippen MR) is 60.9 cm³/mol. The molecule has 0 spiro atoms. The van der Waals surface area contributed by atoms with Gasteiger partial charge in [0, 0.05) is 25.1 Å². The maximum atomic E-state index is 13.6. The van der Waals surface area contributed by atoms with Crippen LogP contribution in [0, 0.1) is 17.5 Å². The van der Waals surface area contributed by atoms with E-state index in [4.69, 9.17) is 0 Å². The van der Waals surface area contributed by atoms with Crippen LogP contribution in [0.3, 0.4) is 0 Å². The summed E-state index contributed by atoms with van der Waals surface area (Å²) in [7, 11) is 0. The predicted octanol–water partition coefficient (Wildman–Crippen LogP) is 1.35. The van der Waals surface area contributed by atoms with E-state index >= 15 is 0 Å². The highest BCUT2D eigenvalue weighted by Gasteiger charge is 2.29. The number of carbonyl (C=O) groups excluding carboxylic acids is 2. The molecular formula is C12H11F3N2O2. The normalized spacial score (nSPS) is 20.2. The van der Waals surface area contributed by atoms with Crippen LogP contribution >= 0.6 is 0 Å². The molecule has 7 heteroatoms. The molecule has 19 heavy (non-hydrogen) atoms. The molecule has 1 aliphatic heterocycles. The number of nitrogens with zero attached hydrogens (tertiary/aromatic N) is 1. The second-order valence-electron chi connectivity index (χ2n) is 4.25. The van der Waals surface area contributed by atoms with Gasteiger partial charge in [0.25, 0.3) is 0 Å². The number of nitrogens with one attached hydrogen (secondary N) is 1. The monoisotopic (exact) mass is 272 g/mol. The van der Waals surface area contributed by atoms with Gasteiger partial charge in [0.05, 0.1) is 5.69 Å². The summed E-state index contributed by atoms with van der Waals surface area (Å²) in [5.41, 5.74) is -0.368. The van der Waals surface area contributed by atoms with Crippen LogP contribution in [0.1, 0.15) is 13.3 Å². The zero-order valence-corrected chi connectivity index (χ0v) is 10.0. The SMILES string of the molecule is CC1NC(=O)CCN(c2cc(F)c(F)cc2F)C1=O. The fourth-order valence-electron chi connectivity index (χ4n) is 1.89. The first-order valence-electron chi connectivity index (χ1n) is 5.65. The molecule has 0 saturated carbocycles. The Kier molecular flexibility index (Phi) is 3.46. The van der Waals surface area contributed by atoms with Gasteiger partial charge in [0.1, 0.15) is 11.9 Å². The zero-order valence-electron chi connectivity index (χ0n) is 10.0. The number of halogens is 3. The lowest BCUT2D eigenvalue weighted by Crippen LogP contribution is -2.43. The Bertz CT molecular complexity index is 548. The zero-order chi connectivity index (χ0) is 14.2. The van der Waals surface area contributed by atoms with Crippen molar-refractivity contribution in [3.05, 3.63) is 29.6 Å². The molecule has 2 rings (SSSR count). The Morgan fingerprint density at radius 2 is 1.79 bits per heavy atom. The summed E-state index contributed by atoms with van der Waals surface area (Å²) < 4.78 is 39.7. The second-order valence-corrected chi connectivity index (χ2v) is 4.25. The fraction of sp³-hybridized carbons (Fsp3) is 0.333. The molecule has 0 aromatic heterocycles. The van der Waals surface area contributed by atoms with Gasteiger partial charge in [-0.05, 0) is 6.92 Å². The lowest BCUT2D eigenvalue weighted by molar-refractivity contribution is -0.125. The summed E-state index contributed by atoms with van der Waals surface area (Å²) in [5.74, 6) is -4.55. The fourth-order valence-corrected chi connectivity index (χ4v) is 1.89. The molecule has 1 saturated heterocycles. The summed E-state index contributed by atoms with van der Waals surface area (Å²) in [6.45, 7) is 1.35. The number of hydrogen-bond donors (Lipinski definition) is 1. The molecule has 0 bridgehead atoms. The molecule has 0 radical (unpaired) electrons. The molecule has 1 fully saturated rings. The first kappa shape index (κ1) is 13.4. The van der Waals surface area contributed by atoms with Crippen molar-refractivity contribution in [2.45, 2.75) is 19.4 Å². The molecule has 2 amide bonds. The van der Waals surface area contributed by atoms with Gasteiger partial charge in [-0.25, -0.2) is 13.2 Å². The van der Waals surface area contributed by atoms with E-state index in [-0.39, 0.29) is 24.6 Å². The van der Waals surface area contributed by atoms with Crippen molar-refractivity contribution in [1.82, 2.24) is 5.32 Å². The third kappa shape index (κ3) is 2.54.